The summed E-state index contributed by atoms with van der Waals surface area (Å²) in [5.74, 6) is -20.7. The van der Waals surface area contributed by atoms with Crippen LogP contribution in [-0.2, 0) is 0 Å². The van der Waals surface area contributed by atoms with Crippen LogP contribution in [0.2, 0.25) is 0 Å². The van der Waals surface area contributed by atoms with Gasteiger partial charge in [0.2, 0.25) is 6.17 Å². The molecule has 0 radical (unpaired) electrons. The van der Waals surface area contributed by atoms with Gasteiger partial charge in [0, 0.05) is 6.42 Å². The Bertz CT molecular complexity index is 539. The molecule has 0 aliphatic heterocycles. The lowest BCUT2D eigenvalue weighted by Crippen LogP contribution is -2.63. The summed E-state index contributed by atoms with van der Waals surface area (Å²) in [5, 5.41) is 17.0. The minimum atomic E-state index is -7.11. The maximum atomic E-state index is 13.7. The summed E-state index contributed by atoms with van der Waals surface area (Å²) in [6.07, 6.45) is -20.0. The van der Waals surface area contributed by atoms with E-state index in [2.05, 4.69) is 0 Å². The first-order valence-electron chi connectivity index (χ1n) is 5.88. The fourth-order valence-corrected chi connectivity index (χ4v) is 1.54. The fourth-order valence-electron chi connectivity index (χ4n) is 1.54. The van der Waals surface area contributed by atoms with E-state index in [4.69, 9.17) is 10.5 Å². The topological polar surface area (TPSA) is 47.6 Å². The maximum absolute atomic E-state index is 13.7. The molecular weight excluding hydrogens is 388 g/mol. The lowest BCUT2D eigenvalue weighted by molar-refractivity contribution is -0.355. The highest BCUT2D eigenvalue weighted by atomic mass is 19.4. The molecule has 0 saturated heterocycles. The zero-order valence-electron chi connectivity index (χ0n) is 11.5. The smallest absolute Gasteiger partial charge is 0.238 e. The van der Waals surface area contributed by atoms with Crippen molar-refractivity contribution in [3.05, 3.63) is 0 Å². The molecule has 0 aliphatic rings. The molecule has 1 unspecified atom stereocenters. The number of nitrogens with zero attached hydrogens (tertiary/aromatic N) is 2. The molecular formula is C11H6F12N2. The van der Waals surface area contributed by atoms with Crippen molar-refractivity contribution >= 4 is 0 Å². The molecule has 0 aliphatic carbocycles. The van der Waals surface area contributed by atoms with Crippen molar-refractivity contribution in [2.45, 2.75) is 49.4 Å². The van der Waals surface area contributed by atoms with Crippen LogP contribution in [-0.4, -0.2) is 36.5 Å². The van der Waals surface area contributed by atoms with E-state index in [1.807, 2.05) is 0 Å². The van der Waals surface area contributed by atoms with Crippen LogP contribution in [0.4, 0.5) is 52.7 Å². The minimum Gasteiger partial charge on any atom is -0.238 e. The Morgan fingerprint density at radius 3 is 1.36 bits per heavy atom. The molecule has 0 rings (SSSR count). The number of hydrogen-bond acceptors (Lipinski definition) is 2. The Labute approximate surface area is 131 Å². The van der Waals surface area contributed by atoms with Gasteiger partial charge >= 0.3 is 30.4 Å². The van der Waals surface area contributed by atoms with Crippen molar-refractivity contribution in [2.75, 3.05) is 0 Å². The van der Waals surface area contributed by atoms with Gasteiger partial charge in [0.05, 0.1) is 12.1 Å². The lowest BCUT2D eigenvalue weighted by Gasteiger charge is -2.37. The molecule has 0 aromatic heterocycles. The number of nitriles is 2. The third kappa shape index (κ3) is 4.04. The molecule has 0 fully saturated rings. The molecule has 0 aromatic carbocycles. The second-order valence-electron chi connectivity index (χ2n) is 4.79. The van der Waals surface area contributed by atoms with Crippen LogP contribution >= 0.6 is 0 Å². The summed E-state index contributed by atoms with van der Waals surface area (Å²) in [6.45, 7) is 0. The van der Waals surface area contributed by atoms with Crippen LogP contribution in [0.1, 0.15) is 12.8 Å². The van der Waals surface area contributed by atoms with Crippen molar-refractivity contribution in [3.8, 4) is 12.1 Å². The average Bonchev–Trinajstić information content (AvgIpc) is 2.46. The average molecular weight is 394 g/mol. The summed E-state index contributed by atoms with van der Waals surface area (Å²) in [4.78, 5) is 0. The number of halogens is 12. The van der Waals surface area contributed by atoms with E-state index in [-0.39, 0.29) is 0 Å². The van der Waals surface area contributed by atoms with E-state index >= 15 is 0 Å². The van der Waals surface area contributed by atoms with Gasteiger partial charge in [0.1, 0.15) is 0 Å². The molecule has 0 N–H and O–H groups in total. The highest BCUT2D eigenvalue weighted by molar-refractivity contribution is 5.22. The van der Waals surface area contributed by atoms with E-state index in [9.17, 15) is 52.7 Å². The van der Waals surface area contributed by atoms with E-state index in [1.54, 1.807) is 0 Å². The summed E-state index contributed by atoms with van der Waals surface area (Å²) in [7, 11) is 0. The van der Waals surface area contributed by atoms with E-state index in [1.165, 1.54) is 0 Å². The van der Waals surface area contributed by atoms with Crippen LogP contribution < -0.4 is 0 Å². The first-order valence-corrected chi connectivity index (χ1v) is 5.88. The largest absolute Gasteiger partial charge is 0.389 e. The van der Waals surface area contributed by atoms with Crippen molar-refractivity contribution in [1.29, 1.82) is 10.5 Å². The molecule has 0 amide bonds. The van der Waals surface area contributed by atoms with Crippen LogP contribution in [0.5, 0.6) is 0 Å². The van der Waals surface area contributed by atoms with Crippen molar-refractivity contribution in [3.63, 3.8) is 0 Å². The Kier molecular flexibility index (Phi) is 6.30. The molecule has 1 atom stereocenters. The second kappa shape index (κ2) is 6.80. The SMILES string of the molecule is N#CC(C#N)(CCC(F)(F)F)C(F)C(F)(F)C(F)(F)C(F)(F)C(F)F. The highest BCUT2D eigenvalue weighted by Gasteiger charge is 2.80. The zero-order chi connectivity index (χ0) is 20.5. The van der Waals surface area contributed by atoms with Crippen molar-refractivity contribution in [2.24, 2.45) is 5.41 Å². The number of hydrogen-bond donors (Lipinski definition) is 0. The van der Waals surface area contributed by atoms with Gasteiger partial charge in [-0.25, -0.2) is 13.2 Å². The molecule has 0 bridgehead atoms. The van der Waals surface area contributed by atoms with Gasteiger partial charge < -0.3 is 0 Å². The standard InChI is InChI=1S/C11H6F12N2/c12-5(7(3-24,4-25)1-2-8(15,16)17)9(18,19)11(22,23)10(20,21)6(13)14/h5-6H,1-2H2. The summed E-state index contributed by atoms with van der Waals surface area (Å²) in [6, 6.07) is 0.629. The first-order chi connectivity index (χ1) is 10.9. The Hall–Kier alpha value is -1.86. The van der Waals surface area contributed by atoms with Gasteiger partial charge in [0.25, 0.3) is 0 Å². The number of rotatable bonds is 7. The van der Waals surface area contributed by atoms with Gasteiger partial charge in [-0.3, -0.25) is 0 Å². The van der Waals surface area contributed by atoms with Crippen molar-refractivity contribution < 1.29 is 52.7 Å². The molecule has 0 saturated carbocycles. The summed E-state index contributed by atoms with van der Waals surface area (Å²) < 4.78 is 152. The Morgan fingerprint density at radius 1 is 0.680 bits per heavy atom. The maximum Gasteiger partial charge on any atom is 0.389 e. The van der Waals surface area contributed by atoms with Crippen LogP contribution in [0.3, 0.4) is 0 Å². The molecule has 14 heteroatoms. The summed E-state index contributed by atoms with van der Waals surface area (Å²) in [5.41, 5.74) is -4.14. The monoisotopic (exact) mass is 394 g/mol. The lowest BCUT2D eigenvalue weighted by atomic mass is 9.76. The first kappa shape index (κ1) is 23.1. The van der Waals surface area contributed by atoms with Gasteiger partial charge in [-0.2, -0.15) is 50.0 Å². The second-order valence-corrected chi connectivity index (χ2v) is 4.79. The van der Waals surface area contributed by atoms with Gasteiger partial charge in [0.15, 0.2) is 5.41 Å². The van der Waals surface area contributed by atoms with E-state index < -0.39 is 54.8 Å². The quantitative estimate of drug-likeness (QED) is 0.579. The molecule has 25 heavy (non-hydrogen) atoms. The van der Waals surface area contributed by atoms with Gasteiger partial charge in [-0.05, 0) is 6.42 Å². The molecule has 0 spiro atoms. The van der Waals surface area contributed by atoms with E-state index in [0.717, 1.165) is 0 Å². The highest BCUT2D eigenvalue weighted by Crippen LogP contribution is 2.54. The Morgan fingerprint density at radius 2 is 1.08 bits per heavy atom. The Balaban J connectivity index is 6.05. The number of alkyl halides is 12. The third-order valence-electron chi connectivity index (χ3n) is 3.06. The van der Waals surface area contributed by atoms with E-state index in [0.29, 0.717) is 12.1 Å². The predicted molar refractivity (Wildman–Crippen MR) is 54.7 cm³/mol. The molecule has 144 valence electrons. The van der Waals surface area contributed by atoms with Crippen LogP contribution in [0.15, 0.2) is 0 Å². The van der Waals surface area contributed by atoms with Crippen LogP contribution in [0.25, 0.3) is 0 Å². The summed E-state index contributed by atoms with van der Waals surface area (Å²) >= 11 is 0. The van der Waals surface area contributed by atoms with Crippen molar-refractivity contribution in [1.82, 2.24) is 0 Å². The molecule has 2 nitrogen and oxygen atoms in total. The molecule has 0 heterocycles. The van der Waals surface area contributed by atoms with Gasteiger partial charge in [-0.1, -0.05) is 0 Å². The fraction of sp³-hybridized carbons (Fsp3) is 0.818. The third-order valence-corrected chi connectivity index (χ3v) is 3.06. The van der Waals surface area contributed by atoms with Gasteiger partial charge in [-0.15, -0.1) is 0 Å². The minimum absolute atomic E-state index is 0.315. The normalized spacial score (nSPS) is 15.6. The van der Waals surface area contributed by atoms with Crippen LogP contribution in [0, 0.1) is 28.1 Å². The molecule has 0 aromatic rings. The predicted octanol–water partition coefficient (Wildman–Crippen LogP) is 4.87. The zero-order valence-corrected chi connectivity index (χ0v) is 11.5.